The molecule has 1 aromatic heterocycles. The third-order valence-corrected chi connectivity index (χ3v) is 7.69. The van der Waals surface area contributed by atoms with Crippen molar-refractivity contribution in [2.45, 2.75) is 44.8 Å². The number of benzene rings is 2. The number of carbonyl (C=O) groups is 1. The van der Waals surface area contributed by atoms with Crippen LogP contribution >= 0.6 is 0 Å². The summed E-state index contributed by atoms with van der Waals surface area (Å²) < 4.78 is 25.5. The number of rotatable bonds is 5. The Morgan fingerprint density at radius 1 is 1.27 bits per heavy atom. The molecule has 0 radical (unpaired) electrons. The summed E-state index contributed by atoms with van der Waals surface area (Å²) in [6.45, 7) is 3.87. The number of fused-ring (bicyclic) bond motifs is 2. The molecular weight excluding hydrogens is 473 g/mol. The highest BCUT2D eigenvalue weighted by molar-refractivity contribution is 5.76. The number of methoxy groups -OCH3 is 1. The lowest BCUT2D eigenvalue weighted by atomic mass is 9.99. The predicted molar refractivity (Wildman–Crippen MR) is 137 cm³/mol. The van der Waals surface area contributed by atoms with Crippen LogP contribution in [0, 0.1) is 5.82 Å². The van der Waals surface area contributed by atoms with Gasteiger partial charge in [-0.1, -0.05) is 6.07 Å². The lowest BCUT2D eigenvalue weighted by molar-refractivity contribution is 0.159. The van der Waals surface area contributed by atoms with Crippen LogP contribution in [0.4, 0.5) is 9.18 Å². The smallest absolute Gasteiger partial charge is 0.317 e. The minimum atomic E-state index is -0.263. The average molecular weight is 506 g/mol. The average Bonchev–Trinajstić information content (AvgIpc) is 3.56. The van der Waals surface area contributed by atoms with Gasteiger partial charge in [0.05, 0.1) is 26.0 Å². The van der Waals surface area contributed by atoms with Crippen molar-refractivity contribution in [1.82, 2.24) is 25.3 Å². The fourth-order valence-corrected chi connectivity index (χ4v) is 5.73. The van der Waals surface area contributed by atoms with Crippen LogP contribution in [-0.2, 0) is 25.9 Å². The van der Waals surface area contributed by atoms with Gasteiger partial charge in [0.2, 0.25) is 0 Å². The van der Waals surface area contributed by atoms with E-state index in [1.54, 1.807) is 19.2 Å². The van der Waals surface area contributed by atoms with Gasteiger partial charge in [-0.15, -0.1) is 0 Å². The lowest BCUT2D eigenvalue weighted by Crippen LogP contribution is -2.52. The molecule has 1 saturated heterocycles. The quantitative estimate of drug-likeness (QED) is 0.550. The molecule has 0 spiro atoms. The number of likely N-dealkylation sites (tertiary alicyclic amines) is 1. The van der Waals surface area contributed by atoms with Crippen LogP contribution in [0.25, 0.3) is 11.3 Å². The minimum absolute atomic E-state index is 0.0148. The topological polar surface area (TPSA) is 82.7 Å². The lowest BCUT2D eigenvalue weighted by Gasteiger charge is -2.35. The zero-order chi connectivity index (χ0) is 25.4. The van der Waals surface area contributed by atoms with Gasteiger partial charge >= 0.3 is 6.03 Å². The molecule has 0 aliphatic carbocycles. The van der Waals surface area contributed by atoms with E-state index in [9.17, 15) is 9.18 Å². The van der Waals surface area contributed by atoms with Crippen LogP contribution in [0.3, 0.4) is 0 Å². The highest BCUT2D eigenvalue weighted by Gasteiger charge is 2.29. The van der Waals surface area contributed by atoms with Gasteiger partial charge in [-0.3, -0.25) is 10.00 Å². The number of aromatic nitrogens is 2. The van der Waals surface area contributed by atoms with E-state index in [0.29, 0.717) is 37.5 Å². The summed E-state index contributed by atoms with van der Waals surface area (Å²) in [5, 5.41) is 11.0. The molecule has 1 fully saturated rings. The summed E-state index contributed by atoms with van der Waals surface area (Å²) in [5.41, 5.74) is 5.90. The van der Waals surface area contributed by atoms with Crippen molar-refractivity contribution in [2.75, 3.05) is 33.4 Å². The summed E-state index contributed by atoms with van der Waals surface area (Å²) in [4.78, 5) is 17.3. The molecule has 37 heavy (non-hydrogen) atoms. The Kier molecular flexibility index (Phi) is 6.46. The number of piperidine rings is 1. The van der Waals surface area contributed by atoms with Crippen molar-refractivity contribution in [3.8, 4) is 22.8 Å². The normalized spacial score (nSPS) is 19.2. The molecule has 2 amide bonds. The Morgan fingerprint density at radius 3 is 3.08 bits per heavy atom. The molecule has 2 N–H and O–H groups in total. The third-order valence-electron chi connectivity index (χ3n) is 7.69. The molecule has 8 nitrogen and oxygen atoms in total. The van der Waals surface area contributed by atoms with Crippen molar-refractivity contribution in [3.63, 3.8) is 0 Å². The van der Waals surface area contributed by atoms with Crippen molar-refractivity contribution in [1.29, 1.82) is 0 Å². The summed E-state index contributed by atoms with van der Waals surface area (Å²) >= 11 is 0. The fourth-order valence-electron chi connectivity index (χ4n) is 5.73. The first kappa shape index (κ1) is 23.8. The molecule has 6 rings (SSSR count). The second kappa shape index (κ2) is 10.0. The molecule has 9 heteroatoms. The number of nitrogens with one attached hydrogen (secondary N) is 2. The van der Waals surface area contributed by atoms with Crippen LogP contribution in [0.1, 0.15) is 35.2 Å². The second-order valence-electron chi connectivity index (χ2n) is 10.1. The Bertz CT molecular complexity index is 1310. The third kappa shape index (κ3) is 4.75. The largest absolute Gasteiger partial charge is 0.496 e. The van der Waals surface area contributed by atoms with E-state index < -0.39 is 0 Å². The number of halogens is 1. The predicted octanol–water partition coefficient (Wildman–Crippen LogP) is 3.89. The zero-order valence-electron chi connectivity index (χ0n) is 21.1. The van der Waals surface area contributed by atoms with E-state index >= 15 is 0 Å². The molecule has 1 atom stereocenters. The monoisotopic (exact) mass is 505 g/mol. The summed E-state index contributed by atoms with van der Waals surface area (Å²) in [5.74, 6) is 1.24. The van der Waals surface area contributed by atoms with E-state index in [1.807, 2.05) is 17.0 Å². The maximum atomic E-state index is 14.5. The first-order valence-corrected chi connectivity index (χ1v) is 13.0. The van der Waals surface area contributed by atoms with E-state index in [1.165, 1.54) is 11.6 Å². The Morgan fingerprint density at radius 2 is 2.19 bits per heavy atom. The molecule has 194 valence electrons. The van der Waals surface area contributed by atoms with Crippen molar-refractivity contribution in [2.24, 2.45) is 0 Å². The Labute approximate surface area is 215 Å². The van der Waals surface area contributed by atoms with E-state index in [-0.39, 0.29) is 17.9 Å². The zero-order valence-corrected chi connectivity index (χ0v) is 21.1. The number of amides is 2. The first-order valence-electron chi connectivity index (χ1n) is 13.0. The van der Waals surface area contributed by atoms with Gasteiger partial charge in [-0.25, -0.2) is 9.18 Å². The van der Waals surface area contributed by atoms with Gasteiger partial charge < -0.3 is 19.7 Å². The number of hydrogen-bond acceptors (Lipinski definition) is 5. The van der Waals surface area contributed by atoms with Crippen LogP contribution in [0.5, 0.6) is 11.5 Å². The van der Waals surface area contributed by atoms with Crippen molar-refractivity contribution < 1.29 is 18.7 Å². The fraction of sp³-hybridized carbons (Fsp3) is 0.429. The molecule has 0 saturated carbocycles. The van der Waals surface area contributed by atoms with Gasteiger partial charge in [0.1, 0.15) is 17.3 Å². The maximum Gasteiger partial charge on any atom is 0.317 e. The molecule has 3 aromatic rings. The van der Waals surface area contributed by atoms with Crippen molar-refractivity contribution >= 4 is 6.03 Å². The Balaban J connectivity index is 1.11. The molecule has 0 unspecified atom stereocenters. The molecule has 3 aliphatic heterocycles. The van der Waals surface area contributed by atoms with Crippen LogP contribution in [0.15, 0.2) is 36.4 Å². The van der Waals surface area contributed by atoms with Gasteiger partial charge in [-0.2, -0.15) is 5.10 Å². The maximum absolute atomic E-state index is 14.5. The Hall–Kier alpha value is -3.59. The molecule has 2 aromatic carbocycles. The highest BCUT2D eigenvalue weighted by atomic mass is 19.1. The van der Waals surface area contributed by atoms with Crippen LogP contribution in [-0.4, -0.2) is 65.4 Å². The second-order valence-corrected chi connectivity index (χ2v) is 10.1. The highest BCUT2D eigenvalue weighted by Crippen LogP contribution is 2.33. The van der Waals surface area contributed by atoms with Crippen molar-refractivity contribution in [3.05, 3.63) is 64.6 Å². The number of nitrogens with zero attached hydrogens (tertiary/aromatic N) is 3. The number of hydrogen-bond donors (Lipinski definition) is 2. The number of ether oxygens (including phenoxy) is 2. The van der Waals surface area contributed by atoms with Crippen LogP contribution in [0.2, 0.25) is 0 Å². The van der Waals surface area contributed by atoms with E-state index in [2.05, 4.69) is 26.5 Å². The molecule has 4 heterocycles. The minimum Gasteiger partial charge on any atom is -0.496 e. The summed E-state index contributed by atoms with van der Waals surface area (Å²) in [7, 11) is 1.56. The van der Waals surface area contributed by atoms with E-state index in [0.717, 1.165) is 67.1 Å². The summed E-state index contributed by atoms with van der Waals surface area (Å²) in [6.07, 6.45) is 3.50. The summed E-state index contributed by atoms with van der Waals surface area (Å²) in [6, 6.07) is 11.1. The van der Waals surface area contributed by atoms with Gasteiger partial charge in [0.15, 0.2) is 0 Å². The number of urea groups is 1. The number of H-pyrrole nitrogens is 1. The van der Waals surface area contributed by atoms with Crippen LogP contribution < -0.4 is 14.8 Å². The molecule has 3 aliphatic rings. The number of carbonyl (C=O) groups excluding carboxylic acids is 1. The first-order chi connectivity index (χ1) is 18.1. The van der Waals surface area contributed by atoms with Gasteiger partial charge in [0, 0.05) is 60.9 Å². The SMILES string of the molecule is COc1cccc(F)c1CN1CCC[C@@H](NC(=O)N2CCc3[nH]nc(-c4ccc5c(c4)CCO5)c3C2)C1. The number of aromatic amines is 1. The molecular formula is C28H32FN5O3. The van der Waals surface area contributed by atoms with Gasteiger partial charge in [0.25, 0.3) is 0 Å². The van der Waals surface area contributed by atoms with Gasteiger partial charge in [-0.05, 0) is 55.3 Å². The molecule has 0 bridgehead atoms. The standard InChI is InChI=1S/C28H32FN5O3/c1-36-26-6-2-5-23(29)21(26)16-33-11-3-4-20(15-33)30-28(35)34-12-9-24-22(17-34)27(32-31-24)19-7-8-25-18(14-19)10-13-37-25/h2,5-8,14,20H,3-4,9-13,15-17H2,1H3,(H,30,35)(H,31,32)/t20-/m1/s1. The van der Waals surface area contributed by atoms with E-state index in [4.69, 9.17) is 9.47 Å².